The Morgan fingerprint density at radius 3 is 2.65 bits per heavy atom. The standard InChI is InChI=1S/C13H12Cl2N2O3/c1-19-10-4-3-9(14)5-8(10)6-17-7-16-12(15)11(20-2)13(17)18/h3-5,7H,6H2,1-2H3. The smallest absolute Gasteiger partial charge is 0.297 e. The van der Waals surface area contributed by atoms with E-state index in [9.17, 15) is 4.79 Å². The average Bonchev–Trinajstić information content (AvgIpc) is 2.43. The molecule has 1 aromatic heterocycles. The first kappa shape index (κ1) is 14.7. The van der Waals surface area contributed by atoms with Gasteiger partial charge in [0.2, 0.25) is 5.75 Å². The minimum atomic E-state index is -0.366. The number of methoxy groups -OCH3 is 2. The molecule has 0 aliphatic carbocycles. The highest BCUT2D eigenvalue weighted by Gasteiger charge is 2.12. The van der Waals surface area contributed by atoms with Crippen molar-refractivity contribution in [1.29, 1.82) is 0 Å². The monoisotopic (exact) mass is 314 g/mol. The summed E-state index contributed by atoms with van der Waals surface area (Å²) < 4.78 is 11.6. The molecular weight excluding hydrogens is 303 g/mol. The number of benzene rings is 1. The highest BCUT2D eigenvalue weighted by molar-refractivity contribution is 6.31. The molecular formula is C13H12Cl2N2O3. The van der Waals surface area contributed by atoms with Crippen molar-refractivity contribution < 1.29 is 9.47 Å². The van der Waals surface area contributed by atoms with Crippen molar-refractivity contribution >= 4 is 23.2 Å². The van der Waals surface area contributed by atoms with E-state index in [-0.39, 0.29) is 23.0 Å². The summed E-state index contributed by atoms with van der Waals surface area (Å²) in [5, 5.41) is 0.592. The Kier molecular flexibility index (Phi) is 4.52. The average molecular weight is 315 g/mol. The van der Waals surface area contributed by atoms with Gasteiger partial charge in [0.25, 0.3) is 5.56 Å². The van der Waals surface area contributed by atoms with Crippen molar-refractivity contribution in [2.75, 3.05) is 14.2 Å². The lowest BCUT2D eigenvalue weighted by molar-refractivity contribution is 0.397. The molecule has 0 aliphatic rings. The lowest BCUT2D eigenvalue weighted by Gasteiger charge is -2.11. The first-order valence-corrected chi connectivity index (χ1v) is 6.43. The van der Waals surface area contributed by atoms with Crippen molar-refractivity contribution in [3.05, 3.63) is 50.6 Å². The van der Waals surface area contributed by atoms with Gasteiger partial charge in [0.1, 0.15) is 5.75 Å². The summed E-state index contributed by atoms with van der Waals surface area (Å²) in [5.74, 6) is 0.644. The normalized spacial score (nSPS) is 10.4. The van der Waals surface area contributed by atoms with E-state index in [0.29, 0.717) is 10.8 Å². The van der Waals surface area contributed by atoms with E-state index in [1.165, 1.54) is 18.0 Å². The molecule has 5 nitrogen and oxygen atoms in total. The number of rotatable bonds is 4. The lowest BCUT2D eigenvalue weighted by Crippen LogP contribution is -2.22. The number of ether oxygens (including phenoxy) is 2. The predicted molar refractivity (Wildman–Crippen MR) is 77.2 cm³/mol. The largest absolute Gasteiger partial charge is 0.496 e. The fraction of sp³-hybridized carbons (Fsp3) is 0.231. The molecule has 1 heterocycles. The van der Waals surface area contributed by atoms with E-state index in [4.69, 9.17) is 32.7 Å². The number of nitrogens with zero attached hydrogens (tertiary/aromatic N) is 2. The van der Waals surface area contributed by atoms with Crippen LogP contribution in [-0.2, 0) is 6.54 Å². The third-order valence-electron chi connectivity index (χ3n) is 2.74. The molecule has 0 saturated heterocycles. The van der Waals surface area contributed by atoms with Crippen LogP contribution in [0, 0.1) is 0 Å². The third-order valence-corrected chi connectivity index (χ3v) is 3.24. The van der Waals surface area contributed by atoms with E-state index in [1.807, 2.05) is 0 Å². The Balaban J connectivity index is 2.45. The van der Waals surface area contributed by atoms with Crippen LogP contribution >= 0.6 is 23.2 Å². The molecule has 0 bridgehead atoms. The van der Waals surface area contributed by atoms with Crippen LogP contribution in [0.25, 0.3) is 0 Å². The van der Waals surface area contributed by atoms with Crippen LogP contribution < -0.4 is 15.0 Å². The van der Waals surface area contributed by atoms with Crippen LogP contribution in [0.5, 0.6) is 11.5 Å². The van der Waals surface area contributed by atoms with Gasteiger partial charge in [-0.15, -0.1) is 0 Å². The van der Waals surface area contributed by atoms with Gasteiger partial charge in [-0.3, -0.25) is 9.36 Å². The molecule has 7 heteroatoms. The number of aromatic nitrogens is 2. The van der Waals surface area contributed by atoms with Gasteiger partial charge in [-0.1, -0.05) is 23.2 Å². The van der Waals surface area contributed by atoms with Crippen molar-refractivity contribution in [3.8, 4) is 11.5 Å². The summed E-state index contributed by atoms with van der Waals surface area (Å²) in [6.07, 6.45) is 1.35. The number of halogens is 2. The molecule has 0 N–H and O–H groups in total. The lowest BCUT2D eigenvalue weighted by atomic mass is 10.2. The molecule has 0 spiro atoms. The number of hydrogen-bond donors (Lipinski definition) is 0. The summed E-state index contributed by atoms with van der Waals surface area (Å²) >= 11 is 11.8. The van der Waals surface area contributed by atoms with Gasteiger partial charge in [-0.25, -0.2) is 4.98 Å². The van der Waals surface area contributed by atoms with Crippen molar-refractivity contribution in [2.24, 2.45) is 0 Å². The molecule has 20 heavy (non-hydrogen) atoms. The SMILES string of the molecule is COc1ccc(Cl)cc1Cn1cnc(Cl)c(OC)c1=O. The second kappa shape index (κ2) is 6.15. The van der Waals surface area contributed by atoms with Crippen LogP contribution in [0.3, 0.4) is 0 Å². The van der Waals surface area contributed by atoms with Crippen LogP contribution in [-0.4, -0.2) is 23.8 Å². The molecule has 0 aliphatic heterocycles. The Morgan fingerprint density at radius 2 is 2.00 bits per heavy atom. The zero-order valence-corrected chi connectivity index (χ0v) is 12.4. The summed E-state index contributed by atoms with van der Waals surface area (Å²) in [5.41, 5.74) is 0.391. The van der Waals surface area contributed by atoms with Gasteiger partial charge < -0.3 is 9.47 Å². The van der Waals surface area contributed by atoms with Crippen LogP contribution in [0.4, 0.5) is 0 Å². The Bertz CT molecular complexity index is 686. The van der Waals surface area contributed by atoms with Crippen LogP contribution in [0.1, 0.15) is 5.56 Å². The highest BCUT2D eigenvalue weighted by atomic mass is 35.5. The van der Waals surface area contributed by atoms with Crippen molar-refractivity contribution in [2.45, 2.75) is 6.54 Å². The Morgan fingerprint density at radius 1 is 1.25 bits per heavy atom. The molecule has 0 radical (unpaired) electrons. The molecule has 2 aromatic rings. The second-order valence-corrected chi connectivity index (χ2v) is 4.75. The number of hydrogen-bond acceptors (Lipinski definition) is 4. The molecule has 0 saturated carbocycles. The predicted octanol–water partition coefficient (Wildman–Crippen LogP) is 2.62. The van der Waals surface area contributed by atoms with Gasteiger partial charge in [-0.2, -0.15) is 0 Å². The first-order chi connectivity index (χ1) is 9.56. The minimum Gasteiger partial charge on any atom is -0.496 e. The quantitative estimate of drug-likeness (QED) is 0.814. The van der Waals surface area contributed by atoms with E-state index >= 15 is 0 Å². The van der Waals surface area contributed by atoms with Gasteiger partial charge in [-0.05, 0) is 18.2 Å². The van der Waals surface area contributed by atoms with Gasteiger partial charge in [0.05, 0.1) is 27.1 Å². The zero-order chi connectivity index (χ0) is 14.7. The third kappa shape index (κ3) is 2.89. The fourth-order valence-corrected chi connectivity index (χ4v) is 2.18. The molecule has 0 atom stereocenters. The second-order valence-electron chi connectivity index (χ2n) is 3.96. The topological polar surface area (TPSA) is 53.4 Å². The minimum absolute atomic E-state index is 0.00941. The Labute approximate surface area is 125 Å². The van der Waals surface area contributed by atoms with E-state index in [0.717, 1.165) is 5.56 Å². The molecule has 1 aromatic carbocycles. The van der Waals surface area contributed by atoms with Crippen molar-refractivity contribution in [1.82, 2.24) is 9.55 Å². The fourth-order valence-electron chi connectivity index (χ4n) is 1.79. The van der Waals surface area contributed by atoms with Crippen molar-refractivity contribution in [3.63, 3.8) is 0 Å². The molecule has 2 rings (SSSR count). The summed E-state index contributed by atoms with van der Waals surface area (Å²) in [7, 11) is 2.92. The summed E-state index contributed by atoms with van der Waals surface area (Å²) in [4.78, 5) is 16.1. The highest BCUT2D eigenvalue weighted by Crippen LogP contribution is 2.23. The molecule has 0 unspecified atom stereocenters. The Hall–Kier alpha value is -1.72. The summed E-state index contributed by atoms with van der Waals surface area (Å²) in [6.45, 7) is 0.253. The van der Waals surface area contributed by atoms with Gasteiger partial charge in [0.15, 0.2) is 5.15 Å². The van der Waals surface area contributed by atoms with E-state index in [2.05, 4.69) is 4.98 Å². The van der Waals surface area contributed by atoms with E-state index < -0.39 is 0 Å². The molecule has 106 valence electrons. The van der Waals surface area contributed by atoms with Crippen LogP contribution in [0.15, 0.2) is 29.3 Å². The van der Waals surface area contributed by atoms with Gasteiger partial charge in [0, 0.05) is 10.6 Å². The zero-order valence-electron chi connectivity index (χ0n) is 10.9. The maximum Gasteiger partial charge on any atom is 0.297 e. The van der Waals surface area contributed by atoms with Gasteiger partial charge >= 0.3 is 0 Å². The molecule has 0 amide bonds. The van der Waals surface area contributed by atoms with Crippen LogP contribution in [0.2, 0.25) is 10.2 Å². The molecule has 0 fully saturated rings. The van der Waals surface area contributed by atoms with E-state index in [1.54, 1.807) is 25.3 Å². The maximum atomic E-state index is 12.1. The summed E-state index contributed by atoms with van der Waals surface area (Å²) in [6, 6.07) is 5.19. The first-order valence-electron chi connectivity index (χ1n) is 5.68. The maximum absolute atomic E-state index is 12.1.